The Balaban J connectivity index is 0.000000596. The van der Waals surface area contributed by atoms with Crippen molar-refractivity contribution < 1.29 is 14.4 Å². The quantitative estimate of drug-likeness (QED) is 0.765. The van der Waals surface area contributed by atoms with Crippen LogP contribution in [0.1, 0.15) is 63.3 Å². The number of nitrogens with one attached hydrogen (secondary N) is 2. The molecule has 3 rings (SSSR count). The van der Waals surface area contributed by atoms with Gasteiger partial charge in [-0.1, -0.05) is 45.0 Å². The summed E-state index contributed by atoms with van der Waals surface area (Å²) < 4.78 is 5.29. The number of carboxylic acid groups (broad SMARTS) is 1. The second-order valence-electron chi connectivity index (χ2n) is 8.16. The Morgan fingerprint density at radius 3 is 2.41 bits per heavy atom. The summed E-state index contributed by atoms with van der Waals surface area (Å²) >= 11 is 0. The zero-order valence-corrected chi connectivity index (χ0v) is 16.5. The topological polar surface area (TPSA) is 95.3 Å². The Kier molecular flexibility index (Phi) is 7.02. The molecule has 27 heavy (non-hydrogen) atoms. The summed E-state index contributed by atoms with van der Waals surface area (Å²) in [4.78, 5) is 20.3. The fraction of sp³-hybridized carbons (Fsp3) is 0.524. The fourth-order valence-electron chi connectivity index (χ4n) is 3.34. The van der Waals surface area contributed by atoms with Gasteiger partial charge in [-0.3, -0.25) is 9.59 Å². The first-order valence-electron chi connectivity index (χ1n) is 9.36. The molecule has 0 saturated carbocycles. The van der Waals surface area contributed by atoms with Crippen molar-refractivity contribution in [2.45, 2.75) is 64.3 Å². The van der Waals surface area contributed by atoms with Crippen LogP contribution in [0.2, 0.25) is 0 Å². The predicted molar refractivity (Wildman–Crippen MR) is 105 cm³/mol. The zero-order chi connectivity index (χ0) is 20.0. The Morgan fingerprint density at radius 1 is 1.26 bits per heavy atom. The van der Waals surface area contributed by atoms with Crippen molar-refractivity contribution in [3.63, 3.8) is 0 Å². The summed E-state index contributed by atoms with van der Waals surface area (Å²) in [7, 11) is 0. The van der Waals surface area contributed by atoms with Gasteiger partial charge in [0.1, 0.15) is 5.76 Å². The molecule has 0 unspecified atom stereocenters. The Bertz CT molecular complexity index is 780. The summed E-state index contributed by atoms with van der Waals surface area (Å²) in [5, 5.41) is 13.4. The van der Waals surface area contributed by atoms with Crippen LogP contribution in [0.4, 0.5) is 0 Å². The van der Waals surface area contributed by atoms with E-state index in [1.54, 1.807) is 6.07 Å². The number of aliphatic carboxylic acids is 1. The molecule has 1 saturated heterocycles. The van der Waals surface area contributed by atoms with Gasteiger partial charge >= 0.3 is 0 Å². The number of benzene rings is 1. The highest BCUT2D eigenvalue weighted by molar-refractivity contribution is 5.62. The normalized spacial score (nSPS) is 19.9. The number of aromatic amines is 1. The van der Waals surface area contributed by atoms with Gasteiger partial charge < -0.3 is 14.9 Å². The average molecular weight is 374 g/mol. The van der Waals surface area contributed by atoms with Gasteiger partial charge in [-0.05, 0) is 42.3 Å². The van der Waals surface area contributed by atoms with E-state index < -0.39 is 5.97 Å². The second kappa shape index (κ2) is 9.04. The highest BCUT2D eigenvalue weighted by atomic mass is 16.5. The third kappa shape index (κ3) is 6.71. The van der Waals surface area contributed by atoms with E-state index in [1.807, 2.05) is 0 Å². The molecule has 1 aromatic carbocycles. The predicted octanol–water partition coefficient (Wildman–Crippen LogP) is 3.43. The summed E-state index contributed by atoms with van der Waals surface area (Å²) in [5.74, 6) is 0.290. The largest absolute Gasteiger partial charge is 0.481 e. The van der Waals surface area contributed by atoms with Gasteiger partial charge in [-0.25, -0.2) is 0 Å². The smallest absolute Gasteiger partial charge is 0.300 e. The lowest BCUT2D eigenvalue weighted by Crippen LogP contribution is -2.38. The molecule has 0 aliphatic carbocycles. The molecule has 1 aliphatic heterocycles. The van der Waals surface area contributed by atoms with Crippen LogP contribution in [0, 0.1) is 0 Å². The molecule has 3 N–H and O–H groups in total. The molecule has 6 nitrogen and oxygen atoms in total. The molecular formula is C21H30N2O4. The molecule has 0 spiro atoms. The third-order valence-electron chi connectivity index (χ3n) is 4.74. The van der Waals surface area contributed by atoms with Gasteiger partial charge in [0.2, 0.25) is 0 Å². The maximum absolute atomic E-state index is 11.3. The van der Waals surface area contributed by atoms with E-state index in [0.29, 0.717) is 12.0 Å². The zero-order valence-electron chi connectivity index (χ0n) is 16.5. The summed E-state index contributed by atoms with van der Waals surface area (Å²) in [6.45, 7) is 8.75. The number of hydrogen-bond acceptors (Lipinski definition) is 4. The molecule has 2 atom stereocenters. The third-order valence-corrected chi connectivity index (χ3v) is 4.74. The van der Waals surface area contributed by atoms with Gasteiger partial charge in [0.15, 0.2) is 0 Å². The van der Waals surface area contributed by atoms with Crippen LogP contribution in [-0.4, -0.2) is 28.8 Å². The maximum atomic E-state index is 11.3. The summed E-state index contributed by atoms with van der Waals surface area (Å²) in [6.07, 6.45) is 3.03. The molecule has 1 aliphatic rings. The van der Waals surface area contributed by atoms with Crippen molar-refractivity contribution in [2.75, 3.05) is 6.54 Å². The number of aromatic nitrogens is 1. The first-order chi connectivity index (χ1) is 12.6. The number of carboxylic acids is 1. The molecule has 0 bridgehead atoms. The van der Waals surface area contributed by atoms with Crippen molar-refractivity contribution in [1.82, 2.24) is 10.5 Å². The lowest BCUT2D eigenvalue weighted by Gasteiger charge is -2.29. The number of rotatable bonds is 3. The van der Waals surface area contributed by atoms with Crippen LogP contribution in [0.5, 0.6) is 0 Å². The molecule has 0 radical (unpaired) electrons. The minimum Gasteiger partial charge on any atom is -0.481 e. The summed E-state index contributed by atoms with van der Waals surface area (Å²) in [6, 6.07) is 11.0. The molecule has 1 fully saturated rings. The van der Waals surface area contributed by atoms with Crippen molar-refractivity contribution in [2.24, 2.45) is 0 Å². The van der Waals surface area contributed by atoms with E-state index in [9.17, 15) is 4.79 Å². The van der Waals surface area contributed by atoms with Gasteiger partial charge in [0, 0.05) is 24.9 Å². The van der Waals surface area contributed by atoms with Crippen molar-refractivity contribution in [1.29, 1.82) is 0 Å². The minimum atomic E-state index is -0.833. The van der Waals surface area contributed by atoms with E-state index in [-0.39, 0.29) is 11.0 Å². The van der Waals surface area contributed by atoms with Crippen molar-refractivity contribution >= 4 is 5.97 Å². The van der Waals surface area contributed by atoms with Crippen molar-refractivity contribution in [3.05, 3.63) is 57.6 Å². The van der Waals surface area contributed by atoms with Gasteiger partial charge in [0.05, 0.1) is 0 Å². The average Bonchev–Trinajstić information content (AvgIpc) is 3.01. The van der Waals surface area contributed by atoms with Crippen LogP contribution in [-0.2, 0) is 16.6 Å². The van der Waals surface area contributed by atoms with Crippen LogP contribution >= 0.6 is 0 Å². The van der Waals surface area contributed by atoms with E-state index in [4.69, 9.17) is 14.4 Å². The second-order valence-corrected chi connectivity index (χ2v) is 8.16. The van der Waals surface area contributed by atoms with E-state index >= 15 is 0 Å². The molecule has 0 amide bonds. The monoisotopic (exact) mass is 374 g/mol. The van der Waals surface area contributed by atoms with Crippen LogP contribution in [0.3, 0.4) is 0 Å². The first-order valence-corrected chi connectivity index (χ1v) is 9.36. The highest BCUT2D eigenvalue weighted by Crippen LogP contribution is 2.28. The lowest BCUT2D eigenvalue weighted by atomic mass is 9.85. The van der Waals surface area contributed by atoms with E-state index in [1.165, 1.54) is 11.1 Å². The summed E-state index contributed by atoms with van der Waals surface area (Å²) in [5.41, 5.74) is 2.77. The molecule has 2 aromatic rings. The van der Waals surface area contributed by atoms with Gasteiger partial charge in [0.25, 0.3) is 11.5 Å². The fourth-order valence-corrected chi connectivity index (χ4v) is 3.34. The molecule has 2 heterocycles. The molecule has 1 aromatic heterocycles. The van der Waals surface area contributed by atoms with Crippen LogP contribution in [0.15, 0.2) is 39.6 Å². The SMILES string of the molecule is CC(=O)O.CC(C)(C)c1ccc(C[C@H]2C[C@H](c3cc(=O)[nH]o3)CCN2)cc1. The number of hydrogen-bond donors (Lipinski definition) is 3. The number of H-pyrrole nitrogens is 1. The Hall–Kier alpha value is -2.34. The molecule has 6 heteroatoms. The molecule has 148 valence electrons. The molecular weight excluding hydrogens is 344 g/mol. The van der Waals surface area contributed by atoms with Gasteiger partial charge in [-0.2, -0.15) is 5.16 Å². The van der Waals surface area contributed by atoms with Crippen molar-refractivity contribution in [3.8, 4) is 0 Å². The standard InChI is InChI=1S/C19H26N2O2.C2H4O2/c1-19(2,3)15-6-4-13(5-7-15)10-16-11-14(8-9-20-16)17-12-18(22)21-23-17;1-2(3)4/h4-7,12,14,16,20H,8-11H2,1-3H3,(H,21,22);1H3,(H,3,4)/t14-,16+;/m1./s1. The Morgan fingerprint density at radius 2 is 1.89 bits per heavy atom. The maximum Gasteiger partial charge on any atom is 0.300 e. The Labute approximate surface area is 160 Å². The number of carbonyl (C=O) groups is 1. The first kappa shape index (κ1) is 21.0. The van der Waals surface area contributed by atoms with E-state index in [0.717, 1.165) is 38.5 Å². The minimum absolute atomic E-state index is 0.146. The van der Waals surface area contributed by atoms with Crippen LogP contribution in [0.25, 0.3) is 0 Å². The number of piperidine rings is 1. The van der Waals surface area contributed by atoms with Gasteiger partial charge in [-0.15, -0.1) is 0 Å². The van der Waals surface area contributed by atoms with E-state index in [2.05, 4.69) is 55.5 Å². The highest BCUT2D eigenvalue weighted by Gasteiger charge is 2.25. The lowest BCUT2D eigenvalue weighted by molar-refractivity contribution is -0.134. The van der Waals surface area contributed by atoms with Crippen LogP contribution < -0.4 is 10.9 Å².